The number of hydrogen-bond acceptors (Lipinski definition) is 4. The fourth-order valence-corrected chi connectivity index (χ4v) is 3.62. The predicted molar refractivity (Wildman–Crippen MR) is 70.3 cm³/mol. The first-order valence-corrected chi connectivity index (χ1v) is 7.55. The maximum Gasteiger partial charge on any atom is 0.536 e. The highest BCUT2D eigenvalue weighted by Crippen LogP contribution is 2.08. The first-order valence-electron chi connectivity index (χ1n) is 5.19. The molecule has 5 heteroatoms. The molecule has 0 amide bonds. The Balaban J connectivity index is 2.79. The minimum atomic E-state index is -2.69. The molecule has 0 aliphatic rings. The Labute approximate surface area is 104 Å². The highest BCUT2D eigenvalue weighted by molar-refractivity contribution is 7.80. The van der Waals surface area contributed by atoms with Crippen molar-refractivity contribution in [2.45, 2.75) is 6.42 Å². The molecule has 0 N–H and O–H groups in total. The third kappa shape index (κ3) is 3.33. The van der Waals surface area contributed by atoms with Gasteiger partial charge in [0.25, 0.3) is 0 Å². The van der Waals surface area contributed by atoms with Crippen molar-refractivity contribution < 1.29 is 13.3 Å². The molecular formula is C11H18O3SSi. The zero-order valence-electron chi connectivity index (χ0n) is 9.68. The van der Waals surface area contributed by atoms with Crippen LogP contribution in [0.1, 0.15) is 6.42 Å². The molecular weight excluding hydrogens is 240 g/mol. The molecule has 90 valence electrons. The molecule has 1 aromatic rings. The first-order chi connectivity index (χ1) is 7.79. The summed E-state index contributed by atoms with van der Waals surface area (Å²) in [5.74, 6) is 0.798. The molecule has 0 fully saturated rings. The number of rotatable bonds is 7. The summed E-state index contributed by atoms with van der Waals surface area (Å²) < 4.78 is 16.8. The zero-order chi connectivity index (χ0) is 11.9. The van der Waals surface area contributed by atoms with Crippen LogP contribution >= 0.6 is 12.6 Å². The predicted octanol–water partition coefficient (Wildman–Crippen LogP) is 1.46. The van der Waals surface area contributed by atoms with Gasteiger partial charge in [-0.3, -0.25) is 0 Å². The summed E-state index contributed by atoms with van der Waals surface area (Å²) >= 11 is 4.15. The van der Waals surface area contributed by atoms with E-state index in [1.807, 2.05) is 30.3 Å². The zero-order valence-corrected chi connectivity index (χ0v) is 11.6. The second kappa shape index (κ2) is 7.08. The molecule has 0 saturated heterocycles. The molecule has 0 saturated carbocycles. The van der Waals surface area contributed by atoms with Crippen molar-refractivity contribution in [2.75, 3.05) is 26.6 Å². The lowest BCUT2D eigenvalue weighted by Gasteiger charge is -2.26. The van der Waals surface area contributed by atoms with Crippen molar-refractivity contribution in [1.82, 2.24) is 0 Å². The summed E-state index contributed by atoms with van der Waals surface area (Å²) in [7, 11) is 0.566. The molecule has 0 spiro atoms. The average Bonchev–Trinajstić information content (AvgIpc) is 2.36. The fourth-order valence-electron chi connectivity index (χ4n) is 1.43. The lowest BCUT2D eigenvalue weighted by molar-refractivity contribution is 0.114. The van der Waals surface area contributed by atoms with E-state index in [1.54, 1.807) is 14.2 Å². The minimum Gasteiger partial charge on any atom is -0.373 e. The van der Waals surface area contributed by atoms with Crippen LogP contribution in [0.3, 0.4) is 0 Å². The highest BCUT2D eigenvalue weighted by atomic mass is 32.1. The third-order valence-electron chi connectivity index (χ3n) is 2.26. The van der Waals surface area contributed by atoms with Crippen molar-refractivity contribution in [3.8, 4) is 0 Å². The molecule has 0 atom stereocenters. The number of hydrogen-bond donors (Lipinski definition) is 1. The summed E-state index contributed by atoms with van der Waals surface area (Å²) in [4.78, 5) is 0. The molecule has 0 aliphatic carbocycles. The van der Waals surface area contributed by atoms with E-state index in [0.29, 0.717) is 6.61 Å². The van der Waals surface area contributed by atoms with E-state index in [1.165, 1.54) is 0 Å². The summed E-state index contributed by atoms with van der Waals surface area (Å²) in [6.07, 6.45) is 0.886. The average molecular weight is 258 g/mol. The third-order valence-corrected chi connectivity index (χ3v) is 5.28. The fraction of sp³-hybridized carbons (Fsp3) is 0.455. The van der Waals surface area contributed by atoms with E-state index in [0.717, 1.165) is 17.4 Å². The van der Waals surface area contributed by atoms with Gasteiger partial charge in [0.15, 0.2) is 0 Å². The lowest BCUT2D eigenvalue weighted by Crippen LogP contribution is -2.55. The SMILES string of the molecule is CO[Si](OC)(OCCCS)c1ccccc1. The van der Waals surface area contributed by atoms with Crippen molar-refractivity contribution in [3.05, 3.63) is 30.3 Å². The molecule has 0 unspecified atom stereocenters. The summed E-state index contributed by atoms with van der Waals surface area (Å²) in [5.41, 5.74) is 0. The van der Waals surface area contributed by atoms with Crippen LogP contribution in [-0.2, 0) is 13.3 Å². The molecule has 1 aromatic carbocycles. The summed E-state index contributed by atoms with van der Waals surface area (Å²) in [6.45, 7) is 0.603. The minimum absolute atomic E-state index is 0.603. The van der Waals surface area contributed by atoms with Gasteiger partial charge in [-0.05, 0) is 12.2 Å². The van der Waals surface area contributed by atoms with Gasteiger partial charge < -0.3 is 13.3 Å². The Morgan fingerprint density at radius 1 is 1.12 bits per heavy atom. The molecule has 1 rings (SSSR count). The first kappa shape index (κ1) is 13.7. The van der Waals surface area contributed by atoms with Gasteiger partial charge in [-0.25, -0.2) is 0 Å². The summed E-state index contributed by atoms with van der Waals surface area (Å²) in [6, 6.07) is 9.82. The standard InChI is InChI=1S/C11H18O3SSi/c1-12-16(13-2,14-9-6-10-15)11-7-4-3-5-8-11/h3-5,7-8,15H,6,9-10H2,1-2H3. The van der Waals surface area contributed by atoms with Gasteiger partial charge in [0.05, 0.1) is 0 Å². The molecule has 0 radical (unpaired) electrons. The monoisotopic (exact) mass is 258 g/mol. The van der Waals surface area contributed by atoms with Gasteiger partial charge in [0.1, 0.15) is 0 Å². The maximum absolute atomic E-state index is 5.80. The summed E-state index contributed by atoms with van der Waals surface area (Å²) in [5, 5.41) is 0.985. The topological polar surface area (TPSA) is 27.7 Å². The number of thiol groups is 1. The van der Waals surface area contributed by atoms with E-state index in [9.17, 15) is 0 Å². The normalized spacial score (nSPS) is 11.7. The van der Waals surface area contributed by atoms with Crippen LogP contribution in [0.25, 0.3) is 0 Å². The van der Waals surface area contributed by atoms with Gasteiger partial charge in [0.2, 0.25) is 0 Å². The van der Waals surface area contributed by atoms with E-state index < -0.39 is 8.80 Å². The van der Waals surface area contributed by atoms with Crippen molar-refractivity contribution in [1.29, 1.82) is 0 Å². The number of benzene rings is 1. The van der Waals surface area contributed by atoms with Gasteiger partial charge in [-0.2, -0.15) is 12.6 Å². The van der Waals surface area contributed by atoms with Crippen molar-refractivity contribution in [3.63, 3.8) is 0 Å². The van der Waals surface area contributed by atoms with Crippen molar-refractivity contribution >= 4 is 26.6 Å². The van der Waals surface area contributed by atoms with Crippen LogP contribution in [0.5, 0.6) is 0 Å². The molecule has 0 aromatic heterocycles. The van der Waals surface area contributed by atoms with E-state index >= 15 is 0 Å². The van der Waals surface area contributed by atoms with Gasteiger partial charge in [0, 0.05) is 26.0 Å². The Kier molecular flexibility index (Phi) is 6.08. The van der Waals surface area contributed by atoms with Crippen molar-refractivity contribution in [2.24, 2.45) is 0 Å². The maximum atomic E-state index is 5.80. The van der Waals surface area contributed by atoms with Crippen LogP contribution in [0.2, 0.25) is 0 Å². The van der Waals surface area contributed by atoms with E-state index in [4.69, 9.17) is 13.3 Å². The van der Waals surface area contributed by atoms with Crippen LogP contribution in [0.4, 0.5) is 0 Å². The lowest BCUT2D eigenvalue weighted by atomic mass is 10.4. The molecule has 16 heavy (non-hydrogen) atoms. The Hall–Kier alpha value is -0.333. The Bertz CT molecular complexity index is 291. The van der Waals surface area contributed by atoms with Crippen LogP contribution in [-0.4, -0.2) is 35.4 Å². The largest absolute Gasteiger partial charge is 0.536 e. The van der Waals surface area contributed by atoms with Gasteiger partial charge in [-0.1, -0.05) is 30.3 Å². The molecule has 0 aliphatic heterocycles. The van der Waals surface area contributed by atoms with E-state index in [-0.39, 0.29) is 0 Å². The van der Waals surface area contributed by atoms with Gasteiger partial charge in [-0.15, -0.1) is 0 Å². The quantitative estimate of drug-likeness (QED) is 0.456. The molecule has 3 nitrogen and oxygen atoms in total. The second-order valence-corrected chi connectivity index (χ2v) is 6.50. The van der Waals surface area contributed by atoms with Crippen LogP contribution in [0.15, 0.2) is 30.3 Å². The molecule has 0 bridgehead atoms. The smallest absolute Gasteiger partial charge is 0.373 e. The van der Waals surface area contributed by atoms with Crippen LogP contribution < -0.4 is 5.19 Å². The van der Waals surface area contributed by atoms with Gasteiger partial charge >= 0.3 is 8.80 Å². The van der Waals surface area contributed by atoms with Crippen LogP contribution in [0, 0.1) is 0 Å². The highest BCUT2D eigenvalue weighted by Gasteiger charge is 2.41. The molecule has 0 heterocycles. The van der Waals surface area contributed by atoms with E-state index in [2.05, 4.69) is 12.6 Å². The Morgan fingerprint density at radius 2 is 1.75 bits per heavy atom. The second-order valence-electron chi connectivity index (χ2n) is 3.26. The Morgan fingerprint density at radius 3 is 2.25 bits per heavy atom.